The fourth-order valence-corrected chi connectivity index (χ4v) is 3.36. The Morgan fingerprint density at radius 3 is 2.55 bits per heavy atom. The van der Waals surface area contributed by atoms with Gasteiger partial charge in [0.1, 0.15) is 0 Å². The third-order valence-electron chi connectivity index (χ3n) is 3.14. The summed E-state index contributed by atoms with van der Waals surface area (Å²) in [7, 11) is -3.39. The molecule has 0 bridgehead atoms. The molecule has 1 atom stereocenters. The molecule has 5 nitrogen and oxygen atoms in total. The highest BCUT2D eigenvalue weighted by molar-refractivity contribution is 7.89. The summed E-state index contributed by atoms with van der Waals surface area (Å²) in [6.45, 7) is 5.82. The van der Waals surface area contributed by atoms with Crippen molar-refractivity contribution in [3.8, 4) is 0 Å². The summed E-state index contributed by atoms with van der Waals surface area (Å²) < 4.78 is 26.9. The lowest BCUT2D eigenvalue weighted by Gasteiger charge is -2.30. The predicted octanol–water partition coefficient (Wildman–Crippen LogP) is 1.34. The van der Waals surface area contributed by atoms with Gasteiger partial charge in [-0.1, -0.05) is 26.8 Å². The molecule has 0 aliphatic carbocycles. The van der Waals surface area contributed by atoms with Gasteiger partial charge < -0.3 is 5.11 Å². The zero-order valence-corrected chi connectivity index (χ0v) is 13.2. The fraction of sp³-hybridized carbons (Fsp3) is 0.643. The van der Waals surface area contributed by atoms with Gasteiger partial charge in [-0.3, -0.25) is 4.98 Å². The molecule has 20 heavy (non-hydrogen) atoms. The van der Waals surface area contributed by atoms with Gasteiger partial charge in [0.15, 0.2) is 0 Å². The van der Waals surface area contributed by atoms with E-state index < -0.39 is 10.0 Å². The molecular weight excluding hydrogens is 276 g/mol. The summed E-state index contributed by atoms with van der Waals surface area (Å²) in [6.07, 6.45) is 2.44. The van der Waals surface area contributed by atoms with Crippen molar-refractivity contribution in [1.29, 1.82) is 0 Å². The first-order chi connectivity index (χ1) is 9.24. The van der Waals surface area contributed by atoms with Crippen LogP contribution in [0.25, 0.3) is 0 Å². The number of pyridine rings is 1. The van der Waals surface area contributed by atoms with Gasteiger partial charge >= 0.3 is 0 Å². The minimum Gasteiger partial charge on any atom is -0.396 e. The Hall–Kier alpha value is -0.980. The summed E-state index contributed by atoms with van der Waals surface area (Å²) >= 11 is 0. The summed E-state index contributed by atoms with van der Waals surface area (Å²) in [5, 5.41) is 9.06. The van der Waals surface area contributed by atoms with Gasteiger partial charge in [0, 0.05) is 31.0 Å². The zero-order valence-electron chi connectivity index (χ0n) is 12.3. The van der Waals surface area contributed by atoms with Crippen molar-refractivity contribution in [2.45, 2.75) is 39.7 Å². The quantitative estimate of drug-likeness (QED) is 0.796. The van der Waals surface area contributed by atoms with Crippen molar-refractivity contribution in [3.05, 3.63) is 30.1 Å². The third-order valence-corrected chi connectivity index (χ3v) is 4.52. The maximum Gasteiger partial charge on any atom is 0.212 e. The Morgan fingerprint density at radius 2 is 2.05 bits per heavy atom. The van der Waals surface area contributed by atoms with Crippen LogP contribution in [0.5, 0.6) is 0 Å². The number of nitrogens with one attached hydrogen (secondary N) is 1. The van der Waals surface area contributed by atoms with Crippen LogP contribution in [0.1, 0.15) is 32.9 Å². The third kappa shape index (κ3) is 5.98. The van der Waals surface area contributed by atoms with Gasteiger partial charge in [0.05, 0.1) is 5.75 Å². The second-order valence-electron chi connectivity index (χ2n) is 5.94. The summed E-state index contributed by atoms with van der Waals surface area (Å²) in [6, 6.07) is 5.17. The maximum atomic E-state index is 12.1. The molecule has 0 saturated heterocycles. The van der Waals surface area contributed by atoms with Crippen molar-refractivity contribution in [1.82, 2.24) is 9.71 Å². The van der Waals surface area contributed by atoms with Crippen LogP contribution in [0.3, 0.4) is 0 Å². The Bertz CT molecular complexity index is 495. The average Bonchev–Trinajstić information content (AvgIpc) is 2.36. The molecule has 0 aromatic carbocycles. The Labute approximate surface area is 121 Å². The van der Waals surface area contributed by atoms with Crippen molar-refractivity contribution in [2.75, 3.05) is 12.4 Å². The number of rotatable bonds is 7. The normalized spacial score (nSPS) is 14.2. The molecule has 114 valence electrons. The standard InChI is InChI=1S/C14H24N2O3S/c1-14(2,3)13(7-10-17)16-20(18,19)11-8-12-6-4-5-9-15-12/h4-6,9,13,16-17H,7-8,10-11H2,1-3H3. The second-order valence-corrected chi connectivity index (χ2v) is 7.81. The van der Waals surface area contributed by atoms with Crippen LogP contribution in [0.4, 0.5) is 0 Å². The van der Waals surface area contributed by atoms with Gasteiger partial charge in [-0.05, 0) is 24.0 Å². The van der Waals surface area contributed by atoms with Crippen molar-refractivity contribution in [2.24, 2.45) is 5.41 Å². The lowest BCUT2D eigenvalue weighted by atomic mass is 9.86. The van der Waals surface area contributed by atoms with Crippen LogP contribution in [0, 0.1) is 5.41 Å². The van der Waals surface area contributed by atoms with Gasteiger partial charge in [-0.2, -0.15) is 0 Å². The van der Waals surface area contributed by atoms with Crippen LogP contribution in [0.15, 0.2) is 24.4 Å². The number of nitrogens with zero attached hydrogens (tertiary/aromatic N) is 1. The first-order valence-corrected chi connectivity index (χ1v) is 8.40. The number of hydrogen-bond donors (Lipinski definition) is 2. The molecule has 0 saturated carbocycles. The van der Waals surface area contributed by atoms with E-state index in [4.69, 9.17) is 5.11 Å². The summed E-state index contributed by atoms with van der Waals surface area (Å²) in [5.74, 6) is 0.00201. The molecule has 2 N–H and O–H groups in total. The van der Waals surface area contributed by atoms with E-state index in [9.17, 15) is 8.42 Å². The van der Waals surface area contributed by atoms with Crippen molar-refractivity contribution < 1.29 is 13.5 Å². The number of hydrogen-bond acceptors (Lipinski definition) is 4. The topological polar surface area (TPSA) is 79.3 Å². The molecule has 0 fully saturated rings. The molecule has 0 aliphatic heterocycles. The zero-order chi connectivity index (χ0) is 15.2. The van der Waals surface area contributed by atoms with E-state index >= 15 is 0 Å². The SMILES string of the molecule is CC(C)(C)C(CCO)NS(=O)(=O)CCc1ccccn1. The lowest BCUT2D eigenvalue weighted by Crippen LogP contribution is -2.45. The molecule has 1 aromatic rings. The van der Waals surface area contributed by atoms with Gasteiger partial charge in [0.2, 0.25) is 10.0 Å². The number of aliphatic hydroxyl groups excluding tert-OH is 1. The van der Waals surface area contributed by atoms with E-state index in [2.05, 4.69) is 9.71 Å². The Balaban J connectivity index is 2.64. The molecule has 1 aromatic heterocycles. The highest BCUT2D eigenvalue weighted by Crippen LogP contribution is 2.22. The average molecular weight is 300 g/mol. The largest absolute Gasteiger partial charge is 0.396 e. The summed E-state index contributed by atoms with van der Waals surface area (Å²) in [5.41, 5.74) is 0.521. The summed E-state index contributed by atoms with van der Waals surface area (Å²) in [4.78, 5) is 4.11. The molecule has 1 rings (SSSR count). The number of sulfonamides is 1. The first-order valence-electron chi connectivity index (χ1n) is 6.75. The second kappa shape index (κ2) is 7.15. The van der Waals surface area contributed by atoms with E-state index in [1.807, 2.05) is 32.9 Å². The van der Waals surface area contributed by atoms with Gasteiger partial charge in [-0.15, -0.1) is 0 Å². The minimum absolute atomic E-state index is 0.00201. The van der Waals surface area contributed by atoms with Crippen LogP contribution in [-0.2, 0) is 16.4 Å². The monoisotopic (exact) mass is 300 g/mol. The van der Waals surface area contributed by atoms with E-state index in [1.165, 1.54) is 0 Å². The number of aryl methyl sites for hydroxylation is 1. The Morgan fingerprint density at radius 1 is 1.35 bits per heavy atom. The molecule has 0 amide bonds. The van der Waals surface area contributed by atoms with E-state index in [0.29, 0.717) is 12.8 Å². The molecule has 0 radical (unpaired) electrons. The highest BCUT2D eigenvalue weighted by atomic mass is 32.2. The number of aliphatic hydroxyl groups is 1. The van der Waals surface area contributed by atoms with Crippen LogP contribution in [-0.4, -0.2) is 36.9 Å². The van der Waals surface area contributed by atoms with Crippen molar-refractivity contribution in [3.63, 3.8) is 0 Å². The van der Waals surface area contributed by atoms with Crippen LogP contribution < -0.4 is 4.72 Å². The van der Waals surface area contributed by atoms with E-state index in [-0.39, 0.29) is 23.8 Å². The van der Waals surface area contributed by atoms with E-state index in [0.717, 1.165) is 5.69 Å². The van der Waals surface area contributed by atoms with Gasteiger partial charge in [0.25, 0.3) is 0 Å². The first kappa shape index (κ1) is 17.1. The molecule has 6 heteroatoms. The molecule has 1 heterocycles. The van der Waals surface area contributed by atoms with Crippen molar-refractivity contribution >= 4 is 10.0 Å². The predicted molar refractivity (Wildman–Crippen MR) is 79.8 cm³/mol. The highest BCUT2D eigenvalue weighted by Gasteiger charge is 2.28. The van der Waals surface area contributed by atoms with Crippen LogP contribution in [0.2, 0.25) is 0 Å². The lowest BCUT2D eigenvalue weighted by molar-refractivity contribution is 0.214. The molecule has 0 aliphatic rings. The van der Waals surface area contributed by atoms with Crippen LogP contribution >= 0.6 is 0 Å². The maximum absolute atomic E-state index is 12.1. The molecule has 0 spiro atoms. The Kier molecular flexibility index (Phi) is 6.10. The van der Waals surface area contributed by atoms with E-state index in [1.54, 1.807) is 12.3 Å². The molecule has 1 unspecified atom stereocenters. The minimum atomic E-state index is -3.39. The fourth-order valence-electron chi connectivity index (χ4n) is 1.86. The molecular formula is C14H24N2O3S. The number of aromatic nitrogens is 1. The van der Waals surface area contributed by atoms with Gasteiger partial charge in [-0.25, -0.2) is 13.1 Å². The smallest absolute Gasteiger partial charge is 0.212 e.